The number of benzene rings is 2. The van der Waals surface area contributed by atoms with Crippen molar-refractivity contribution in [2.24, 2.45) is 0 Å². The molecular weight excluding hydrogens is 420 g/mol. The Morgan fingerprint density at radius 3 is 2.30 bits per heavy atom. The van der Waals surface area contributed by atoms with Gasteiger partial charge in [0.25, 0.3) is 5.91 Å². The van der Waals surface area contributed by atoms with Gasteiger partial charge in [-0.1, -0.05) is 29.3 Å². The van der Waals surface area contributed by atoms with Crippen LogP contribution in [-0.2, 0) is 16.6 Å². The molecule has 156 valence electrons. The summed E-state index contributed by atoms with van der Waals surface area (Å²) in [5, 5.41) is 0.712. The van der Waals surface area contributed by atoms with Crippen molar-refractivity contribution in [2.75, 3.05) is 31.1 Å². The predicted molar refractivity (Wildman–Crippen MR) is 120 cm³/mol. The van der Waals surface area contributed by atoms with Crippen molar-refractivity contribution in [1.29, 1.82) is 0 Å². The average Bonchev–Trinajstić information content (AvgIpc) is 3.23. The Morgan fingerprint density at radius 1 is 0.967 bits per heavy atom. The van der Waals surface area contributed by atoms with Crippen LogP contribution in [0.25, 0.3) is 0 Å². The molecular formula is C23H23ClN2O3S. The fraction of sp³-hybridized carbons (Fsp3) is 0.261. The highest BCUT2D eigenvalue weighted by Crippen LogP contribution is 2.21. The van der Waals surface area contributed by atoms with Crippen molar-refractivity contribution < 1.29 is 13.4 Å². The smallest absolute Gasteiger partial charge is 0.289 e. The molecule has 1 fully saturated rings. The molecule has 1 saturated heterocycles. The van der Waals surface area contributed by atoms with Crippen LogP contribution in [0.2, 0.25) is 5.02 Å². The quantitative estimate of drug-likeness (QED) is 0.583. The fourth-order valence-corrected chi connectivity index (χ4v) is 4.59. The zero-order chi connectivity index (χ0) is 21.1. The number of halogens is 1. The van der Waals surface area contributed by atoms with Gasteiger partial charge in [-0.3, -0.25) is 9.00 Å². The lowest BCUT2D eigenvalue weighted by atomic mass is 10.2. The number of carbonyl (C=O) groups is 1. The maximum Gasteiger partial charge on any atom is 0.289 e. The molecule has 1 aromatic heterocycles. The topological polar surface area (TPSA) is 53.8 Å². The molecule has 0 saturated carbocycles. The van der Waals surface area contributed by atoms with Crippen LogP contribution in [0.3, 0.4) is 0 Å². The third-order valence-electron chi connectivity index (χ3n) is 5.19. The molecule has 0 N–H and O–H groups in total. The number of piperazine rings is 1. The summed E-state index contributed by atoms with van der Waals surface area (Å²) in [6, 6.07) is 18.8. The SMILES string of the molecule is Cc1ccc(S(=O)Cc2ccc(C(=O)N3CCN(c4ccc(Cl)cc4)CC3)o2)cc1. The number of hydrogen-bond donors (Lipinski definition) is 0. The van der Waals surface area contributed by atoms with E-state index in [-0.39, 0.29) is 11.7 Å². The number of carbonyl (C=O) groups excluding carboxylic acids is 1. The van der Waals surface area contributed by atoms with Crippen molar-refractivity contribution in [3.63, 3.8) is 0 Å². The summed E-state index contributed by atoms with van der Waals surface area (Å²) >= 11 is 5.96. The Labute approximate surface area is 183 Å². The van der Waals surface area contributed by atoms with Crippen molar-refractivity contribution in [3.05, 3.63) is 82.8 Å². The van der Waals surface area contributed by atoms with Crippen LogP contribution in [0, 0.1) is 6.92 Å². The number of rotatable bonds is 5. The maximum absolute atomic E-state index is 12.8. The summed E-state index contributed by atoms with van der Waals surface area (Å²) in [7, 11) is -1.21. The van der Waals surface area contributed by atoms with Crippen molar-refractivity contribution in [3.8, 4) is 0 Å². The van der Waals surface area contributed by atoms with E-state index in [1.165, 1.54) is 0 Å². The van der Waals surface area contributed by atoms with E-state index in [0.29, 0.717) is 29.6 Å². The molecule has 1 unspecified atom stereocenters. The molecule has 1 amide bonds. The maximum atomic E-state index is 12.8. The van der Waals surface area contributed by atoms with Crippen molar-refractivity contribution in [1.82, 2.24) is 4.90 Å². The van der Waals surface area contributed by atoms with Crippen molar-refractivity contribution >= 4 is 34.0 Å². The molecule has 2 aromatic carbocycles. The van der Waals surface area contributed by atoms with Crippen molar-refractivity contribution in [2.45, 2.75) is 17.6 Å². The molecule has 3 aromatic rings. The number of aryl methyl sites for hydroxylation is 1. The Hall–Kier alpha value is -2.57. The highest BCUT2D eigenvalue weighted by Gasteiger charge is 2.24. The lowest BCUT2D eigenvalue weighted by molar-refractivity contribution is 0.0713. The van der Waals surface area contributed by atoms with Gasteiger partial charge >= 0.3 is 0 Å². The van der Waals surface area contributed by atoms with Crippen LogP contribution in [0.15, 0.2) is 70.0 Å². The minimum Gasteiger partial charge on any atom is -0.455 e. The fourth-order valence-electron chi connectivity index (χ4n) is 3.45. The molecule has 1 aliphatic heterocycles. The van der Waals surface area contributed by atoms with Crippen LogP contribution >= 0.6 is 11.6 Å². The Kier molecular flexibility index (Phi) is 6.25. The van der Waals surface area contributed by atoms with E-state index in [9.17, 15) is 9.00 Å². The van der Waals surface area contributed by atoms with E-state index in [2.05, 4.69) is 4.90 Å². The first kappa shape index (κ1) is 20.7. The number of hydrogen-bond acceptors (Lipinski definition) is 4. The molecule has 2 heterocycles. The van der Waals surface area contributed by atoms with E-state index in [1.54, 1.807) is 17.0 Å². The number of amides is 1. The lowest BCUT2D eigenvalue weighted by Crippen LogP contribution is -2.48. The largest absolute Gasteiger partial charge is 0.455 e. The molecule has 1 atom stereocenters. The summed E-state index contributed by atoms with van der Waals surface area (Å²) < 4.78 is 18.3. The van der Waals surface area contributed by atoms with Gasteiger partial charge in [-0.15, -0.1) is 0 Å². The van der Waals surface area contributed by atoms with Gasteiger partial charge in [0.2, 0.25) is 0 Å². The minimum atomic E-state index is -1.21. The normalized spacial score (nSPS) is 15.3. The van der Waals surface area contributed by atoms with Crippen LogP contribution < -0.4 is 4.90 Å². The summed E-state index contributed by atoms with van der Waals surface area (Å²) in [5.74, 6) is 0.974. The number of nitrogens with zero attached hydrogens (tertiary/aromatic N) is 2. The zero-order valence-electron chi connectivity index (χ0n) is 16.7. The van der Waals surface area contributed by atoms with Crippen LogP contribution in [0.4, 0.5) is 5.69 Å². The molecule has 5 nitrogen and oxygen atoms in total. The van der Waals surface area contributed by atoms with E-state index >= 15 is 0 Å². The molecule has 7 heteroatoms. The number of furan rings is 1. The van der Waals surface area contributed by atoms with E-state index in [4.69, 9.17) is 16.0 Å². The third kappa shape index (κ3) is 4.77. The monoisotopic (exact) mass is 442 g/mol. The molecule has 30 heavy (non-hydrogen) atoms. The van der Waals surface area contributed by atoms with Gasteiger partial charge in [-0.05, 0) is 55.5 Å². The molecule has 0 radical (unpaired) electrons. The summed E-state index contributed by atoms with van der Waals surface area (Å²) in [5.41, 5.74) is 2.23. The van der Waals surface area contributed by atoms with Gasteiger partial charge in [0, 0.05) is 41.8 Å². The first-order chi connectivity index (χ1) is 14.5. The van der Waals surface area contributed by atoms with Gasteiger partial charge in [-0.25, -0.2) is 0 Å². The first-order valence-electron chi connectivity index (χ1n) is 9.83. The van der Waals surface area contributed by atoms with Crippen LogP contribution in [-0.4, -0.2) is 41.2 Å². The molecule has 1 aliphatic rings. The molecule has 4 rings (SSSR count). The standard InChI is InChI=1S/C23H23ClN2O3S/c1-17-2-9-21(10-3-17)30(28)16-20-8-11-22(29-20)23(27)26-14-12-25(13-15-26)19-6-4-18(24)5-7-19/h2-11H,12-16H2,1H3. The minimum absolute atomic E-state index is 0.127. The van der Waals surface area contributed by atoms with Gasteiger partial charge < -0.3 is 14.2 Å². The highest BCUT2D eigenvalue weighted by atomic mass is 35.5. The van der Waals surface area contributed by atoms with Crippen LogP contribution in [0.1, 0.15) is 21.9 Å². The third-order valence-corrected chi connectivity index (χ3v) is 6.78. The van der Waals surface area contributed by atoms with Crippen LogP contribution in [0.5, 0.6) is 0 Å². The second kappa shape index (κ2) is 9.06. The molecule has 0 bridgehead atoms. The van der Waals surface area contributed by atoms with E-state index in [0.717, 1.165) is 29.2 Å². The first-order valence-corrected chi connectivity index (χ1v) is 11.5. The average molecular weight is 443 g/mol. The summed E-state index contributed by atoms with van der Waals surface area (Å²) in [4.78, 5) is 17.6. The number of anilines is 1. The second-order valence-corrected chi connectivity index (χ2v) is 9.21. The van der Waals surface area contributed by atoms with Gasteiger partial charge in [-0.2, -0.15) is 0 Å². The summed E-state index contributed by atoms with van der Waals surface area (Å²) in [6.45, 7) is 4.72. The van der Waals surface area contributed by atoms with Gasteiger partial charge in [0.1, 0.15) is 5.76 Å². The van der Waals surface area contributed by atoms with Gasteiger partial charge in [0.15, 0.2) is 5.76 Å². The molecule has 0 aliphatic carbocycles. The van der Waals surface area contributed by atoms with E-state index in [1.807, 2.05) is 55.5 Å². The molecule has 0 spiro atoms. The van der Waals surface area contributed by atoms with E-state index < -0.39 is 10.8 Å². The summed E-state index contributed by atoms with van der Waals surface area (Å²) in [6.07, 6.45) is 0. The van der Waals surface area contributed by atoms with Gasteiger partial charge in [0.05, 0.1) is 16.6 Å². The highest BCUT2D eigenvalue weighted by molar-refractivity contribution is 7.84. The lowest BCUT2D eigenvalue weighted by Gasteiger charge is -2.35. The Morgan fingerprint density at radius 2 is 1.63 bits per heavy atom. The zero-order valence-corrected chi connectivity index (χ0v) is 18.3. The Balaban J connectivity index is 1.34. The predicted octanol–water partition coefficient (Wildman–Crippen LogP) is 4.51. The Bertz CT molecular complexity index is 1040. The second-order valence-electron chi connectivity index (χ2n) is 7.32.